The van der Waals surface area contributed by atoms with Crippen LogP contribution in [0, 0.1) is 12.8 Å². The van der Waals surface area contributed by atoms with Crippen LogP contribution in [0.15, 0.2) is 30.6 Å². The molecule has 0 aromatic carbocycles. The van der Waals surface area contributed by atoms with Gasteiger partial charge in [-0.2, -0.15) is 5.10 Å². The summed E-state index contributed by atoms with van der Waals surface area (Å²) < 4.78 is 0. The molecule has 4 rings (SSSR count). The highest BCUT2D eigenvalue weighted by atomic mass is 35.5. The summed E-state index contributed by atoms with van der Waals surface area (Å²) in [5.41, 5.74) is 3.05. The molecular weight excluding hydrogens is 376 g/mol. The first kappa shape index (κ1) is 18.7. The zero-order valence-corrected chi connectivity index (χ0v) is 16.5. The summed E-state index contributed by atoms with van der Waals surface area (Å²) in [6.45, 7) is 2.68. The van der Waals surface area contributed by atoms with E-state index < -0.39 is 0 Å². The number of aryl methyl sites for hydroxylation is 1. The van der Waals surface area contributed by atoms with Gasteiger partial charge >= 0.3 is 0 Å². The molecule has 8 heteroatoms. The van der Waals surface area contributed by atoms with Crippen molar-refractivity contribution in [1.82, 2.24) is 25.5 Å². The third-order valence-electron chi connectivity index (χ3n) is 5.36. The van der Waals surface area contributed by atoms with Gasteiger partial charge in [0.05, 0.1) is 21.8 Å². The van der Waals surface area contributed by atoms with Crippen LogP contribution in [-0.2, 0) is 0 Å². The molecule has 1 fully saturated rings. The van der Waals surface area contributed by atoms with Gasteiger partial charge in [-0.1, -0.05) is 11.6 Å². The second-order valence-corrected chi connectivity index (χ2v) is 7.77. The van der Waals surface area contributed by atoms with Gasteiger partial charge in [0.1, 0.15) is 5.52 Å². The van der Waals surface area contributed by atoms with E-state index in [1.165, 1.54) is 0 Å². The van der Waals surface area contributed by atoms with Crippen LogP contribution in [0.1, 0.15) is 41.7 Å². The third-order valence-corrected chi connectivity index (χ3v) is 5.57. The van der Waals surface area contributed by atoms with Gasteiger partial charge in [-0.25, -0.2) is 0 Å². The van der Waals surface area contributed by atoms with Crippen LogP contribution in [0.3, 0.4) is 0 Å². The van der Waals surface area contributed by atoms with Gasteiger partial charge in [-0.05, 0) is 56.7 Å². The number of nitrogens with one attached hydrogen (secondary N) is 3. The molecule has 28 heavy (non-hydrogen) atoms. The minimum Gasteiger partial charge on any atom is -0.367 e. The highest BCUT2D eigenvalue weighted by Crippen LogP contribution is 2.26. The van der Waals surface area contributed by atoms with E-state index in [0.717, 1.165) is 49.1 Å². The standard InChI is InChI=1S/C20H23ClN6O/c1-12-16(9-14(21)11-23-12)20(28)25-15-6-4-13(5-7-15)10-24-19-18-17(26-27-19)3-2-8-22-18/h2-3,8-9,11,13,15H,4-7,10H2,1H3,(H,25,28)(H2,24,26,27). The number of pyridine rings is 2. The molecule has 1 aliphatic rings. The summed E-state index contributed by atoms with van der Waals surface area (Å²) >= 11 is 5.97. The summed E-state index contributed by atoms with van der Waals surface area (Å²) in [5, 5.41) is 14.3. The molecule has 0 bridgehead atoms. The maximum atomic E-state index is 12.5. The van der Waals surface area contributed by atoms with Crippen molar-refractivity contribution < 1.29 is 4.79 Å². The molecule has 0 radical (unpaired) electrons. The van der Waals surface area contributed by atoms with E-state index in [9.17, 15) is 4.79 Å². The van der Waals surface area contributed by atoms with E-state index >= 15 is 0 Å². The molecule has 1 aliphatic carbocycles. The molecule has 0 saturated heterocycles. The number of hydrogen-bond acceptors (Lipinski definition) is 5. The SMILES string of the molecule is Cc1ncc(Cl)cc1C(=O)NC1CCC(CNc2n[nH]c3cccnc23)CC1. The van der Waals surface area contributed by atoms with Gasteiger partial charge < -0.3 is 10.6 Å². The number of H-pyrrole nitrogens is 1. The fourth-order valence-corrected chi connectivity index (χ4v) is 3.89. The number of halogens is 1. The number of aromatic nitrogens is 4. The lowest BCUT2D eigenvalue weighted by molar-refractivity contribution is 0.0921. The molecule has 3 N–H and O–H groups in total. The summed E-state index contributed by atoms with van der Waals surface area (Å²) in [4.78, 5) is 21.1. The predicted octanol–water partition coefficient (Wildman–Crippen LogP) is 3.72. The molecule has 7 nitrogen and oxygen atoms in total. The van der Waals surface area contributed by atoms with Crippen LogP contribution in [0.4, 0.5) is 5.82 Å². The van der Waals surface area contributed by atoms with Crippen molar-refractivity contribution in [2.45, 2.75) is 38.6 Å². The van der Waals surface area contributed by atoms with Crippen molar-refractivity contribution in [3.05, 3.63) is 46.9 Å². The zero-order chi connectivity index (χ0) is 19.5. The Morgan fingerprint density at radius 3 is 2.93 bits per heavy atom. The number of aromatic amines is 1. The van der Waals surface area contributed by atoms with Gasteiger partial charge in [0.2, 0.25) is 0 Å². The molecule has 0 spiro atoms. The minimum atomic E-state index is -0.0943. The van der Waals surface area contributed by atoms with E-state index in [0.29, 0.717) is 22.2 Å². The number of rotatable bonds is 5. The van der Waals surface area contributed by atoms with Crippen molar-refractivity contribution in [2.24, 2.45) is 5.92 Å². The molecule has 0 unspecified atom stereocenters. The Bertz CT molecular complexity index is 980. The van der Waals surface area contributed by atoms with Crippen molar-refractivity contribution in [2.75, 3.05) is 11.9 Å². The molecule has 3 heterocycles. The Morgan fingerprint density at radius 1 is 1.29 bits per heavy atom. The summed E-state index contributed by atoms with van der Waals surface area (Å²) in [5.74, 6) is 1.26. The first-order valence-corrected chi connectivity index (χ1v) is 9.94. The van der Waals surface area contributed by atoms with Crippen LogP contribution in [-0.4, -0.2) is 38.7 Å². The summed E-state index contributed by atoms with van der Waals surface area (Å²) in [7, 11) is 0. The average molecular weight is 399 g/mol. The van der Waals surface area contributed by atoms with Crippen LogP contribution in [0.2, 0.25) is 5.02 Å². The number of amides is 1. The zero-order valence-electron chi connectivity index (χ0n) is 15.7. The Labute approximate surface area is 168 Å². The van der Waals surface area contributed by atoms with Gasteiger partial charge in [-0.3, -0.25) is 19.9 Å². The second-order valence-electron chi connectivity index (χ2n) is 7.33. The molecule has 3 aromatic heterocycles. The first-order valence-electron chi connectivity index (χ1n) is 9.56. The molecule has 3 aromatic rings. The lowest BCUT2D eigenvalue weighted by Crippen LogP contribution is -2.38. The topological polar surface area (TPSA) is 95.6 Å². The molecule has 0 aliphatic heterocycles. The first-order chi connectivity index (χ1) is 13.6. The van der Waals surface area contributed by atoms with Crippen molar-refractivity contribution in [1.29, 1.82) is 0 Å². The van der Waals surface area contributed by atoms with Gasteiger partial charge in [-0.15, -0.1) is 0 Å². The van der Waals surface area contributed by atoms with E-state index in [1.807, 2.05) is 19.1 Å². The number of anilines is 1. The molecule has 1 amide bonds. The monoisotopic (exact) mass is 398 g/mol. The van der Waals surface area contributed by atoms with E-state index in [2.05, 4.69) is 30.8 Å². The number of fused-ring (bicyclic) bond motifs is 1. The van der Waals surface area contributed by atoms with Gasteiger partial charge in [0.15, 0.2) is 5.82 Å². The number of carbonyl (C=O) groups is 1. The molecular formula is C20H23ClN6O. The van der Waals surface area contributed by atoms with Crippen LogP contribution in [0.5, 0.6) is 0 Å². The Morgan fingerprint density at radius 2 is 2.11 bits per heavy atom. The van der Waals surface area contributed by atoms with E-state index in [1.54, 1.807) is 18.5 Å². The van der Waals surface area contributed by atoms with Gasteiger partial charge in [0, 0.05) is 25.0 Å². The van der Waals surface area contributed by atoms with Gasteiger partial charge in [0.25, 0.3) is 5.91 Å². The summed E-state index contributed by atoms with van der Waals surface area (Å²) in [6, 6.07) is 5.72. The smallest absolute Gasteiger partial charge is 0.253 e. The summed E-state index contributed by atoms with van der Waals surface area (Å²) in [6.07, 6.45) is 7.37. The number of hydrogen-bond donors (Lipinski definition) is 3. The Kier molecular flexibility index (Phi) is 5.43. The Hall–Kier alpha value is -2.67. The number of nitrogens with zero attached hydrogens (tertiary/aromatic N) is 3. The predicted molar refractivity (Wildman–Crippen MR) is 110 cm³/mol. The maximum absolute atomic E-state index is 12.5. The second kappa shape index (κ2) is 8.14. The van der Waals surface area contributed by atoms with Crippen LogP contribution >= 0.6 is 11.6 Å². The average Bonchev–Trinajstić information content (AvgIpc) is 3.12. The largest absolute Gasteiger partial charge is 0.367 e. The van der Waals surface area contributed by atoms with Crippen molar-refractivity contribution in [3.8, 4) is 0 Å². The molecule has 146 valence electrons. The maximum Gasteiger partial charge on any atom is 0.253 e. The van der Waals surface area contributed by atoms with Crippen molar-refractivity contribution >= 4 is 34.4 Å². The van der Waals surface area contributed by atoms with E-state index in [-0.39, 0.29) is 11.9 Å². The fourth-order valence-electron chi connectivity index (χ4n) is 3.73. The minimum absolute atomic E-state index is 0.0943. The van der Waals surface area contributed by atoms with Crippen LogP contribution in [0.25, 0.3) is 11.0 Å². The molecule has 0 atom stereocenters. The molecule has 1 saturated carbocycles. The third kappa shape index (κ3) is 4.09. The lowest BCUT2D eigenvalue weighted by atomic mass is 9.86. The highest BCUT2D eigenvalue weighted by molar-refractivity contribution is 6.30. The fraction of sp³-hybridized carbons (Fsp3) is 0.400. The Balaban J connectivity index is 1.27. The highest BCUT2D eigenvalue weighted by Gasteiger charge is 2.24. The quantitative estimate of drug-likeness (QED) is 0.608. The van der Waals surface area contributed by atoms with Crippen LogP contribution < -0.4 is 10.6 Å². The lowest BCUT2D eigenvalue weighted by Gasteiger charge is -2.29. The normalized spacial score (nSPS) is 19.5. The number of carbonyl (C=O) groups excluding carboxylic acids is 1. The van der Waals surface area contributed by atoms with Crippen molar-refractivity contribution in [3.63, 3.8) is 0 Å². The van der Waals surface area contributed by atoms with E-state index in [4.69, 9.17) is 11.6 Å².